The van der Waals surface area contributed by atoms with E-state index < -0.39 is 5.41 Å². The Morgan fingerprint density at radius 2 is 0.868 bits per heavy atom. The number of rotatable bonds is 5. The van der Waals surface area contributed by atoms with Gasteiger partial charge in [-0.1, -0.05) is 188 Å². The summed E-state index contributed by atoms with van der Waals surface area (Å²) in [6.07, 6.45) is 0. The highest BCUT2D eigenvalue weighted by molar-refractivity contribution is 6.15. The van der Waals surface area contributed by atoms with Crippen LogP contribution in [0.3, 0.4) is 0 Å². The highest BCUT2D eigenvalue weighted by Crippen LogP contribution is 2.65. The molecule has 3 heteroatoms. The maximum absolute atomic E-state index is 6.94. The number of hydrogen-bond donors (Lipinski definition) is 0. The molecule has 1 spiro atoms. The van der Waals surface area contributed by atoms with E-state index in [0.717, 1.165) is 88.6 Å². The smallest absolute Gasteiger partial charge is 0.143 e. The van der Waals surface area contributed by atoms with Gasteiger partial charge in [0.1, 0.15) is 22.3 Å². The van der Waals surface area contributed by atoms with Crippen LogP contribution in [0.2, 0.25) is 0 Å². The topological polar surface area (TPSA) is 29.5 Å². The molecule has 68 heavy (non-hydrogen) atoms. The Kier molecular flexibility index (Phi) is 7.71. The summed E-state index contributed by atoms with van der Waals surface area (Å²) in [4.78, 5) is 2.49. The zero-order valence-corrected chi connectivity index (χ0v) is 36.8. The van der Waals surface area contributed by atoms with Crippen LogP contribution in [-0.4, -0.2) is 0 Å². The second-order valence-corrected chi connectivity index (χ2v) is 18.2. The number of para-hydroxylation sites is 3. The summed E-state index contributed by atoms with van der Waals surface area (Å²) in [7, 11) is 0. The number of anilines is 3. The summed E-state index contributed by atoms with van der Waals surface area (Å²) >= 11 is 0. The van der Waals surface area contributed by atoms with Gasteiger partial charge in [0.05, 0.1) is 16.8 Å². The highest BCUT2D eigenvalue weighted by Gasteiger charge is 2.52. The lowest BCUT2D eigenvalue weighted by atomic mass is 9.70. The van der Waals surface area contributed by atoms with E-state index in [1.54, 1.807) is 0 Å². The van der Waals surface area contributed by atoms with Crippen molar-refractivity contribution in [3.8, 4) is 44.5 Å². The van der Waals surface area contributed by atoms with E-state index in [2.05, 4.69) is 235 Å². The minimum absolute atomic E-state index is 0.486. The Labute approximate surface area is 392 Å². The lowest BCUT2D eigenvalue weighted by Crippen LogP contribution is -2.26. The number of furan rings is 2. The molecule has 2 heterocycles. The molecule has 0 amide bonds. The van der Waals surface area contributed by atoms with Crippen LogP contribution in [0, 0.1) is 0 Å². The van der Waals surface area contributed by atoms with Crippen molar-refractivity contribution in [3.63, 3.8) is 0 Å². The first-order chi connectivity index (χ1) is 33.7. The van der Waals surface area contributed by atoms with E-state index >= 15 is 0 Å². The maximum atomic E-state index is 6.94. The summed E-state index contributed by atoms with van der Waals surface area (Å²) < 4.78 is 13.3. The van der Waals surface area contributed by atoms with Gasteiger partial charge in [-0.15, -0.1) is 0 Å². The van der Waals surface area contributed by atoms with E-state index in [1.165, 1.54) is 49.9 Å². The molecule has 0 fully saturated rings. The van der Waals surface area contributed by atoms with E-state index in [0.29, 0.717) is 0 Å². The largest absolute Gasteiger partial charge is 0.456 e. The summed E-state index contributed by atoms with van der Waals surface area (Å²) in [6.45, 7) is 0. The van der Waals surface area contributed by atoms with E-state index in [4.69, 9.17) is 8.83 Å². The first kappa shape index (κ1) is 37.3. The van der Waals surface area contributed by atoms with E-state index in [-0.39, 0.29) is 0 Å². The van der Waals surface area contributed by atoms with Crippen LogP contribution in [0.25, 0.3) is 99.2 Å². The number of benzene rings is 11. The number of fused-ring (bicyclic) bond motifs is 17. The second-order valence-electron chi connectivity index (χ2n) is 18.2. The fraction of sp³-hybridized carbons (Fsp3) is 0.0154. The Hall–Kier alpha value is -8.92. The molecule has 0 N–H and O–H groups in total. The average molecular weight is 866 g/mol. The molecular formula is C65H39NO2. The predicted octanol–water partition coefficient (Wildman–Crippen LogP) is 17.8. The van der Waals surface area contributed by atoms with Gasteiger partial charge in [0, 0.05) is 43.9 Å². The van der Waals surface area contributed by atoms with Crippen LogP contribution in [0.15, 0.2) is 245 Å². The van der Waals surface area contributed by atoms with Gasteiger partial charge < -0.3 is 13.7 Å². The zero-order valence-electron chi connectivity index (χ0n) is 36.8. The van der Waals surface area contributed by atoms with Crippen molar-refractivity contribution in [1.29, 1.82) is 0 Å². The monoisotopic (exact) mass is 865 g/mol. The fourth-order valence-electron chi connectivity index (χ4n) is 12.1. The van der Waals surface area contributed by atoms with Gasteiger partial charge in [-0.3, -0.25) is 0 Å². The second kappa shape index (κ2) is 14.0. The molecule has 11 aromatic carbocycles. The third-order valence-electron chi connectivity index (χ3n) is 14.9. The fourth-order valence-corrected chi connectivity index (χ4v) is 12.1. The van der Waals surface area contributed by atoms with Gasteiger partial charge in [-0.25, -0.2) is 0 Å². The first-order valence-corrected chi connectivity index (χ1v) is 23.4. The molecular weight excluding hydrogens is 827 g/mol. The number of nitrogens with zero attached hydrogens (tertiary/aromatic N) is 1. The third-order valence-corrected chi connectivity index (χ3v) is 14.9. The van der Waals surface area contributed by atoms with Crippen LogP contribution >= 0.6 is 0 Å². The molecule has 0 saturated heterocycles. The summed E-state index contributed by atoms with van der Waals surface area (Å²) in [5.41, 5.74) is 21.0. The molecule has 2 aliphatic carbocycles. The molecule has 0 aliphatic heterocycles. The minimum atomic E-state index is -0.486. The third kappa shape index (κ3) is 5.02. The van der Waals surface area contributed by atoms with Gasteiger partial charge in [0.2, 0.25) is 0 Å². The van der Waals surface area contributed by atoms with Crippen LogP contribution in [0.1, 0.15) is 22.3 Å². The first-order valence-electron chi connectivity index (χ1n) is 23.4. The molecule has 316 valence electrons. The normalized spacial score (nSPS) is 13.1. The molecule has 13 aromatic rings. The van der Waals surface area contributed by atoms with Crippen LogP contribution < -0.4 is 4.90 Å². The van der Waals surface area contributed by atoms with Crippen molar-refractivity contribution in [2.75, 3.05) is 4.90 Å². The molecule has 0 bridgehead atoms. The minimum Gasteiger partial charge on any atom is -0.456 e. The predicted molar refractivity (Wildman–Crippen MR) is 280 cm³/mol. The van der Waals surface area contributed by atoms with Gasteiger partial charge in [-0.05, 0) is 109 Å². The summed E-state index contributed by atoms with van der Waals surface area (Å²) in [6, 6.07) is 86.3. The Morgan fingerprint density at radius 3 is 1.66 bits per heavy atom. The van der Waals surface area contributed by atoms with Crippen LogP contribution in [-0.2, 0) is 5.41 Å². The molecule has 2 aromatic heterocycles. The summed E-state index contributed by atoms with van der Waals surface area (Å²) in [5, 5.41) is 6.83. The average Bonchev–Trinajstić information content (AvgIpc) is 4.14. The number of hydrogen-bond acceptors (Lipinski definition) is 3. The lowest BCUT2D eigenvalue weighted by molar-refractivity contribution is 0.669. The zero-order chi connectivity index (χ0) is 44.5. The SMILES string of the molecule is c1ccc(N(c2ccc(-c3cccc4oc5ccccc5c34)cc2)c2cccc3c2-c2ccccc2C32c3ccccc3-c3ccccc32)c(-c2cccc3c2oc2cc4ccccc4cc23)c1. The van der Waals surface area contributed by atoms with E-state index in [1.807, 2.05) is 6.07 Å². The maximum Gasteiger partial charge on any atom is 0.143 e. The van der Waals surface area contributed by atoms with Gasteiger partial charge >= 0.3 is 0 Å². The Balaban J connectivity index is 0.994. The van der Waals surface area contributed by atoms with Gasteiger partial charge in [-0.2, -0.15) is 0 Å². The van der Waals surface area contributed by atoms with Crippen molar-refractivity contribution in [2.24, 2.45) is 0 Å². The standard InChI is InChI=1S/C65H39NO2/c1-2-17-42-39-61-52(38-41(42)16-1)49-25-13-24-48(64(49)68-61)47-20-6-11-30-57(47)66(43-36-34-40(35-37-43)44-23-14-33-60-62(44)51-22-7-12-32-59(51)67-60)58-31-15-29-56-63(58)50-21-5-10-28-55(50)65(56)53-26-8-3-18-45(53)46-19-4-9-27-54(46)65/h1-39H. The molecule has 0 radical (unpaired) electrons. The van der Waals surface area contributed by atoms with Crippen molar-refractivity contribution in [3.05, 3.63) is 259 Å². The Bertz CT molecular complexity index is 4180. The van der Waals surface area contributed by atoms with Crippen molar-refractivity contribution in [1.82, 2.24) is 0 Å². The lowest BCUT2D eigenvalue weighted by Gasteiger charge is -2.32. The van der Waals surface area contributed by atoms with Crippen LogP contribution in [0.4, 0.5) is 17.1 Å². The highest BCUT2D eigenvalue weighted by atomic mass is 16.3. The molecule has 15 rings (SSSR count). The van der Waals surface area contributed by atoms with Crippen molar-refractivity contribution in [2.45, 2.75) is 5.41 Å². The molecule has 2 aliphatic rings. The van der Waals surface area contributed by atoms with Crippen molar-refractivity contribution < 1.29 is 8.83 Å². The summed E-state index contributed by atoms with van der Waals surface area (Å²) in [5.74, 6) is 0. The quantitative estimate of drug-likeness (QED) is 0.173. The molecule has 3 nitrogen and oxygen atoms in total. The molecule has 0 saturated carbocycles. The van der Waals surface area contributed by atoms with Crippen LogP contribution in [0.5, 0.6) is 0 Å². The molecule has 0 unspecified atom stereocenters. The molecule has 0 atom stereocenters. The van der Waals surface area contributed by atoms with Gasteiger partial charge in [0.15, 0.2) is 0 Å². The van der Waals surface area contributed by atoms with E-state index in [9.17, 15) is 0 Å². The van der Waals surface area contributed by atoms with Crippen molar-refractivity contribution >= 4 is 71.7 Å². The Morgan fingerprint density at radius 1 is 0.324 bits per heavy atom. The van der Waals surface area contributed by atoms with Gasteiger partial charge in [0.25, 0.3) is 0 Å².